The van der Waals surface area contributed by atoms with Gasteiger partial charge in [-0.15, -0.1) is 6.07 Å². The zero-order valence-electron chi connectivity index (χ0n) is 16.2. The SMILES string of the molecule is CNC(=O)CCCC=O.[CH2-]c1c([C-]=O)ccc2c1OCC21CCNCC1.[Na+]. The fraction of sp³-hybridized carbons (Fsp3) is 0.500. The number of hydrogen-bond acceptors (Lipinski definition) is 5. The average molecular weight is 381 g/mol. The number of ether oxygens (including phenoxy) is 1. The summed E-state index contributed by atoms with van der Waals surface area (Å²) >= 11 is 0. The second kappa shape index (κ2) is 11.5. The minimum atomic E-state index is -0.00292. The fourth-order valence-electron chi connectivity index (χ4n) is 3.38. The molecular formula is C20H26N2NaO4-. The molecule has 1 saturated heterocycles. The molecule has 0 aliphatic carbocycles. The molecule has 1 fully saturated rings. The minimum Gasteiger partial charge on any atom is -0.562 e. The summed E-state index contributed by atoms with van der Waals surface area (Å²) in [6, 6.07) is 3.83. The number of unbranched alkanes of at least 4 members (excludes halogenated alkanes) is 1. The van der Waals surface area contributed by atoms with Crippen molar-refractivity contribution in [2.24, 2.45) is 0 Å². The molecule has 2 N–H and O–H groups in total. The van der Waals surface area contributed by atoms with E-state index in [9.17, 15) is 14.4 Å². The average Bonchev–Trinajstić information content (AvgIpc) is 3.02. The van der Waals surface area contributed by atoms with Crippen LogP contribution in [0.15, 0.2) is 12.1 Å². The molecule has 2 aliphatic heterocycles. The molecule has 1 amide bonds. The first kappa shape index (κ1) is 23.7. The number of benzene rings is 1. The van der Waals surface area contributed by atoms with E-state index in [1.807, 2.05) is 18.4 Å². The summed E-state index contributed by atoms with van der Waals surface area (Å²) in [4.78, 5) is 31.0. The molecule has 7 heteroatoms. The summed E-state index contributed by atoms with van der Waals surface area (Å²) < 4.78 is 5.80. The standard InChI is InChI=1S/C14H15NO2.C6H11NO2.Na/c1-10-11(8-16)2-3-12-13(10)17-9-14(12)4-6-15-7-5-14;1-7-6(9)4-2-3-5-8;/h2-3,15H,1,4-7,9H2;5H,2-4H2,1H3,(H,7,9);/q-2;;+1. The predicted octanol–water partition coefficient (Wildman–Crippen LogP) is -1.55. The van der Waals surface area contributed by atoms with Crippen molar-refractivity contribution in [1.82, 2.24) is 10.6 Å². The summed E-state index contributed by atoms with van der Waals surface area (Å²) in [5.74, 6) is 0.810. The third-order valence-electron chi connectivity index (χ3n) is 5.00. The van der Waals surface area contributed by atoms with Gasteiger partial charge in [0, 0.05) is 25.3 Å². The first-order valence-corrected chi connectivity index (χ1v) is 8.93. The molecule has 0 unspecified atom stereocenters. The summed E-state index contributed by atoms with van der Waals surface area (Å²) in [6.07, 6.45) is 6.50. The van der Waals surface area contributed by atoms with Crippen LogP contribution in [0.25, 0.3) is 0 Å². The molecule has 0 radical (unpaired) electrons. The van der Waals surface area contributed by atoms with Gasteiger partial charge in [-0.1, -0.05) is 5.56 Å². The van der Waals surface area contributed by atoms with Gasteiger partial charge < -0.3 is 25.0 Å². The number of rotatable bonds is 5. The molecule has 6 nitrogen and oxygen atoms in total. The van der Waals surface area contributed by atoms with E-state index in [4.69, 9.17) is 4.74 Å². The van der Waals surface area contributed by atoms with Crippen LogP contribution in [0.3, 0.4) is 0 Å². The molecule has 142 valence electrons. The van der Waals surface area contributed by atoms with Gasteiger partial charge in [0.1, 0.15) is 6.29 Å². The normalized spacial score (nSPS) is 16.0. The van der Waals surface area contributed by atoms with Gasteiger partial charge in [0.25, 0.3) is 0 Å². The van der Waals surface area contributed by atoms with Crippen LogP contribution in [0.2, 0.25) is 0 Å². The number of fused-ring (bicyclic) bond motifs is 2. The fourth-order valence-corrected chi connectivity index (χ4v) is 3.38. The smallest absolute Gasteiger partial charge is 0.562 e. The molecule has 2 heterocycles. The van der Waals surface area contributed by atoms with Crippen LogP contribution < -0.4 is 44.9 Å². The largest absolute Gasteiger partial charge is 1.00 e. The van der Waals surface area contributed by atoms with Gasteiger partial charge in [0.2, 0.25) is 5.91 Å². The van der Waals surface area contributed by atoms with E-state index < -0.39 is 0 Å². The number of nitrogens with one attached hydrogen (secondary N) is 2. The van der Waals surface area contributed by atoms with Gasteiger partial charge in [0.05, 0.1) is 6.61 Å². The molecule has 3 rings (SSSR count). The molecule has 1 aromatic carbocycles. The van der Waals surface area contributed by atoms with E-state index in [0.717, 1.165) is 44.6 Å². The number of aldehydes is 1. The van der Waals surface area contributed by atoms with Gasteiger partial charge >= 0.3 is 29.6 Å². The van der Waals surface area contributed by atoms with E-state index in [0.29, 0.717) is 30.4 Å². The van der Waals surface area contributed by atoms with Crippen molar-refractivity contribution in [3.8, 4) is 5.75 Å². The summed E-state index contributed by atoms with van der Waals surface area (Å²) in [5, 5.41) is 5.84. The maximum absolute atomic E-state index is 10.8. The molecule has 27 heavy (non-hydrogen) atoms. The zero-order valence-corrected chi connectivity index (χ0v) is 18.2. The quantitative estimate of drug-likeness (QED) is 0.279. The van der Waals surface area contributed by atoms with E-state index >= 15 is 0 Å². The van der Waals surface area contributed by atoms with E-state index in [2.05, 4.69) is 17.6 Å². The first-order valence-electron chi connectivity index (χ1n) is 8.93. The van der Waals surface area contributed by atoms with E-state index in [1.165, 1.54) is 5.56 Å². The molecule has 2 aliphatic rings. The van der Waals surface area contributed by atoms with Crippen LogP contribution in [0, 0.1) is 6.92 Å². The zero-order chi connectivity index (χ0) is 19.0. The van der Waals surface area contributed by atoms with Crippen LogP contribution in [0.1, 0.15) is 48.8 Å². The number of piperidine rings is 1. The third kappa shape index (κ3) is 5.82. The topological polar surface area (TPSA) is 84.5 Å². The van der Waals surface area contributed by atoms with Crippen molar-refractivity contribution >= 4 is 18.5 Å². The number of carbonyl (C=O) groups is 2. The van der Waals surface area contributed by atoms with Gasteiger partial charge in [-0.25, -0.2) is 6.07 Å². The Morgan fingerprint density at radius 1 is 1.41 bits per heavy atom. The monoisotopic (exact) mass is 381 g/mol. The summed E-state index contributed by atoms with van der Waals surface area (Å²) in [5.41, 5.74) is 2.56. The Balaban J connectivity index is 0.000000316. The minimum absolute atomic E-state index is 0. The molecule has 0 saturated carbocycles. The summed E-state index contributed by atoms with van der Waals surface area (Å²) in [6.45, 7) is 6.70. The van der Waals surface area contributed by atoms with Gasteiger partial charge in [-0.05, 0) is 44.4 Å². The van der Waals surface area contributed by atoms with Crippen LogP contribution in [-0.4, -0.2) is 45.2 Å². The molecule has 0 aromatic heterocycles. The Labute approximate surface area is 183 Å². The maximum Gasteiger partial charge on any atom is 1.00 e. The van der Waals surface area contributed by atoms with Gasteiger partial charge in [-0.3, -0.25) is 22.8 Å². The molecule has 1 aromatic rings. The van der Waals surface area contributed by atoms with Crippen molar-refractivity contribution in [2.75, 3.05) is 26.7 Å². The van der Waals surface area contributed by atoms with Crippen LogP contribution in [-0.2, 0) is 19.8 Å². The molecular weight excluding hydrogens is 355 g/mol. The number of amides is 1. The van der Waals surface area contributed by atoms with Crippen molar-refractivity contribution in [3.63, 3.8) is 0 Å². The molecule has 0 bridgehead atoms. The van der Waals surface area contributed by atoms with Crippen LogP contribution in [0.4, 0.5) is 0 Å². The first-order chi connectivity index (χ1) is 12.6. The van der Waals surface area contributed by atoms with Crippen molar-refractivity contribution in [2.45, 2.75) is 37.5 Å². The molecule has 1 spiro atoms. The third-order valence-corrected chi connectivity index (χ3v) is 5.00. The Hall–Kier alpha value is -1.34. The van der Waals surface area contributed by atoms with Crippen LogP contribution in [0.5, 0.6) is 5.75 Å². The van der Waals surface area contributed by atoms with Gasteiger partial charge in [-0.2, -0.15) is 0 Å². The summed E-state index contributed by atoms with van der Waals surface area (Å²) in [7, 11) is 1.59. The maximum atomic E-state index is 10.8. The van der Waals surface area contributed by atoms with Crippen molar-refractivity contribution in [1.29, 1.82) is 0 Å². The second-order valence-corrected chi connectivity index (χ2v) is 6.62. The van der Waals surface area contributed by atoms with Gasteiger partial charge in [0.15, 0.2) is 0 Å². The number of hydrogen-bond donors (Lipinski definition) is 2. The van der Waals surface area contributed by atoms with E-state index in [1.54, 1.807) is 7.05 Å². The second-order valence-electron chi connectivity index (χ2n) is 6.62. The Kier molecular flexibility index (Phi) is 10.1. The Morgan fingerprint density at radius 3 is 2.70 bits per heavy atom. The predicted molar refractivity (Wildman–Crippen MR) is 99.0 cm³/mol. The van der Waals surface area contributed by atoms with E-state index in [-0.39, 0.29) is 40.9 Å². The Bertz CT molecular complexity index is 658. The number of carbonyl (C=O) groups excluding carboxylic acids is 3. The van der Waals surface area contributed by atoms with Crippen LogP contribution >= 0.6 is 0 Å². The van der Waals surface area contributed by atoms with Crippen molar-refractivity contribution in [3.05, 3.63) is 35.7 Å². The molecule has 0 atom stereocenters. The Morgan fingerprint density at radius 2 is 2.11 bits per heavy atom. The van der Waals surface area contributed by atoms with Crippen molar-refractivity contribution < 1.29 is 48.7 Å².